The van der Waals surface area contributed by atoms with Crippen LogP contribution in [0.3, 0.4) is 0 Å². The fourth-order valence-electron chi connectivity index (χ4n) is 5.27. The Morgan fingerprint density at radius 3 is 1.70 bits per heavy atom. The molecule has 2 aromatic rings. The second-order valence-corrected chi connectivity index (χ2v) is 9.08. The van der Waals surface area contributed by atoms with Gasteiger partial charge in [-0.3, -0.25) is 0 Å². The molecule has 0 amide bonds. The fraction of sp³-hybridized carbons (Fsp3) is 0.520. The van der Waals surface area contributed by atoms with Crippen LogP contribution in [0.5, 0.6) is 11.5 Å². The first-order chi connectivity index (χ1) is 12.7. The van der Waals surface area contributed by atoms with Gasteiger partial charge in [0.25, 0.3) is 0 Å². The monoisotopic (exact) mass is 366 g/mol. The summed E-state index contributed by atoms with van der Waals surface area (Å²) in [7, 11) is 0. The van der Waals surface area contributed by atoms with E-state index in [1.54, 1.807) is 0 Å². The summed E-state index contributed by atoms with van der Waals surface area (Å²) in [6.45, 7) is 12.8. The number of phenolic OH excluding ortho intramolecular Hbond substituents is 2. The summed E-state index contributed by atoms with van der Waals surface area (Å²) in [4.78, 5) is 0. The average Bonchev–Trinajstić information content (AvgIpc) is 2.58. The summed E-state index contributed by atoms with van der Waals surface area (Å²) < 4.78 is 0. The molecule has 0 aromatic heterocycles. The maximum atomic E-state index is 11.0. The van der Waals surface area contributed by atoms with Crippen molar-refractivity contribution in [2.45, 2.75) is 66.7 Å². The van der Waals surface area contributed by atoms with Gasteiger partial charge in [-0.1, -0.05) is 55.7 Å². The highest BCUT2D eigenvalue weighted by atomic mass is 16.3. The molecule has 3 atom stereocenters. The van der Waals surface area contributed by atoms with Crippen LogP contribution in [0.2, 0.25) is 0 Å². The zero-order chi connectivity index (χ0) is 19.9. The van der Waals surface area contributed by atoms with Crippen molar-refractivity contribution in [1.82, 2.24) is 0 Å². The van der Waals surface area contributed by atoms with Gasteiger partial charge >= 0.3 is 0 Å². The van der Waals surface area contributed by atoms with Crippen LogP contribution < -0.4 is 0 Å². The summed E-state index contributed by atoms with van der Waals surface area (Å²) in [5, 5.41) is 21.9. The van der Waals surface area contributed by atoms with E-state index in [-0.39, 0.29) is 5.92 Å². The third-order valence-corrected chi connectivity index (χ3v) is 6.54. The first-order valence-corrected chi connectivity index (χ1v) is 10.3. The van der Waals surface area contributed by atoms with Gasteiger partial charge in [-0.05, 0) is 69.4 Å². The van der Waals surface area contributed by atoms with Gasteiger partial charge in [-0.25, -0.2) is 0 Å². The van der Waals surface area contributed by atoms with Crippen molar-refractivity contribution in [3.05, 3.63) is 57.6 Å². The van der Waals surface area contributed by atoms with E-state index in [9.17, 15) is 10.2 Å². The molecule has 3 unspecified atom stereocenters. The molecule has 2 heteroatoms. The number of rotatable bonds is 3. The van der Waals surface area contributed by atoms with E-state index in [2.05, 4.69) is 39.8 Å². The van der Waals surface area contributed by atoms with Crippen molar-refractivity contribution in [1.29, 1.82) is 0 Å². The molecule has 0 bridgehead atoms. The quantitative estimate of drug-likeness (QED) is 0.648. The lowest BCUT2D eigenvalue weighted by Gasteiger charge is -2.39. The zero-order valence-electron chi connectivity index (χ0n) is 17.6. The molecule has 0 heterocycles. The van der Waals surface area contributed by atoms with E-state index in [1.165, 1.54) is 12.8 Å². The van der Waals surface area contributed by atoms with Crippen LogP contribution in [-0.4, -0.2) is 10.2 Å². The molecule has 0 aliphatic heterocycles. The number of aryl methyl sites for hydroxylation is 4. The molecule has 2 nitrogen and oxygen atoms in total. The summed E-state index contributed by atoms with van der Waals surface area (Å²) >= 11 is 0. The van der Waals surface area contributed by atoms with Gasteiger partial charge < -0.3 is 10.2 Å². The van der Waals surface area contributed by atoms with Crippen LogP contribution in [-0.2, 0) is 0 Å². The summed E-state index contributed by atoms with van der Waals surface area (Å²) in [5.41, 5.74) is 6.08. The molecule has 1 aliphatic carbocycles. The van der Waals surface area contributed by atoms with Crippen molar-refractivity contribution >= 4 is 0 Å². The highest BCUT2D eigenvalue weighted by Gasteiger charge is 2.36. The first kappa shape index (κ1) is 19.8. The van der Waals surface area contributed by atoms with Crippen molar-refractivity contribution in [3.8, 4) is 11.5 Å². The minimum Gasteiger partial charge on any atom is -0.507 e. The van der Waals surface area contributed by atoms with E-state index in [4.69, 9.17) is 0 Å². The molecule has 2 N–H and O–H groups in total. The largest absolute Gasteiger partial charge is 0.507 e. The Morgan fingerprint density at radius 2 is 1.26 bits per heavy atom. The Bertz CT molecular complexity index is 779. The summed E-state index contributed by atoms with van der Waals surface area (Å²) in [6.07, 6.45) is 3.55. The van der Waals surface area contributed by atoms with Gasteiger partial charge in [0.2, 0.25) is 0 Å². The molecule has 0 saturated heterocycles. The zero-order valence-corrected chi connectivity index (χ0v) is 17.6. The first-order valence-electron chi connectivity index (χ1n) is 10.3. The van der Waals surface area contributed by atoms with Crippen LogP contribution in [0.15, 0.2) is 24.3 Å². The number of benzene rings is 2. The van der Waals surface area contributed by atoms with Gasteiger partial charge in [0.15, 0.2) is 0 Å². The van der Waals surface area contributed by atoms with Crippen LogP contribution in [0, 0.1) is 45.4 Å². The van der Waals surface area contributed by atoms with Crippen molar-refractivity contribution < 1.29 is 10.2 Å². The lowest BCUT2D eigenvalue weighted by atomic mass is 9.65. The number of aromatic hydroxyl groups is 2. The molecule has 3 rings (SSSR count). The van der Waals surface area contributed by atoms with E-state index >= 15 is 0 Å². The number of phenols is 2. The molecule has 1 fully saturated rings. The Morgan fingerprint density at radius 1 is 0.778 bits per heavy atom. The SMILES string of the molecule is Cc1cc(C)c(O)c(C(c2cc(C)cc(C)c2O)C2CCC(C)CC2C)c1. The van der Waals surface area contributed by atoms with Crippen LogP contribution in [0.4, 0.5) is 0 Å². The third-order valence-electron chi connectivity index (χ3n) is 6.54. The summed E-state index contributed by atoms with van der Waals surface area (Å²) in [6, 6.07) is 8.30. The Labute approximate surface area is 164 Å². The maximum absolute atomic E-state index is 11.0. The van der Waals surface area contributed by atoms with Crippen LogP contribution in [0.1, 0.15) is 72.4 Å². The van der Waals surface area contributed by atoms with Crippen LogP contribution in [0.25, 0.3) is 0 Å². The van der Waals surface area contributed by atoms with Crippen molar-refractivity contribution in [3.63, 3.8) is 0 Å². The minimum absolute atomic E-state index is 0.0182. The Kier molecular flexibility index (Phi) is 5.55. The summed E-state index contributed by atoms with van der Waals surface area (Å²) in [5.74, 6) is 2.51. The normalized spacial score (nSPS) is 23.0. The molecule has 0 radical (unpaired) electrons. The molecule has 1 saturated carbocycles. The predicted molar refractivity (Wildman–Crippen MR) is 113 cm³/mol. The maximum Gasteiger partial charge on any atom is 0.122 e. The van der Waals surface area contributed by atoms with Crippen molar-refractivity contribution in [2.24, 2.45) is 17.8 Å². The van der Waals surface area contributed by atoms with Gasteiger partial charge in [-0.15, -0.1) is 0 Å². The molecule has 1 aliphatic rings. The number of hydrogen-bond donors (Lipinski definition) is 2. The van der Waals surface area contributed by atoms with Gasteiger partial charge in [0.1, 0.15) is 11.5 Å². The molecular formula is C25H34O2. The van der Waals surface area contributed by atoms with Gasteiger partial charge in [0, 0.05) is 17.0 Å². The van der Waals surface area contributed by atoms with E-state index < -0.39 is 0 Å². The second kappa shape index (κ2) is 7.58. The molecular weight excluding hydrogens is 332 g/mol. The highest BCUT2D eigenvalue weighted by molar-refractivity contribution is 5.53. The van der Waals surface area contributed by atoms with Crippen LogP contribution >= 0.6 is 0 Å². The van der Waals surface area contributed by atoms with E-state index in [0.717, 1.165) is 45.7 Å². The van der Waals surface area contributed by atoms with Gasteiger partial charge in [0.05, 0.1) is 0 Å². The minimum atomic E-state index is 0.0182. The molecule has 27 heavy (non-hydrogen) atoms. The second-order valence-electron chi connectivity index (χ2n) is 9.08. The smallest absolute Gasteiger partial charge is 0.122 e. The molecule has 0 spiro atoms. The van der Waals surface area contributed by atoms with Gasteiger partial charge in [-0.2, -0.15) is 0 Å². The lowest BCUT2D eigenvalue weighted by molar-refractivity contribution is 0.184. The molecule has 2 aromatic carbocycles. The highest BCUT2D eigenvalue weighted by Crippen LogP contribution is 2.50. The van der Waals surface area contributed by atoms with E-state index in [0.29, 0.717) is 23.3 Å². The fourth-order valence-corrected chi connectivity index (χ4v) is 5.27. The average molecular weight is 367 g/mol. The molecule has 146 valence electrons. The van der Waals surface area contributed by atoms with Crippen molar-refractivity contribution in [2.75, 3.05) is 0 Å². The third kappa shape index (κ3) is 3.85. The Balaban J connectivity index is 2.22. The topological polar surface area (TPSA) is 40.5 Å². The lowest BCUT2D eigenvalue weighted by Crippen LogP contribution is -2.28. The Hall–Kier alpha value is -1.96. The predicted octanol–water partition coefficient (Wildman–Crippen LogP) is 6.54. The number of hydrogen-bond acceptors (Lipinski definition) is 2. The van der Waals surface area contributed by atoms with E-state index in [1.807, 2.05) is 26.0 Å². The standard InChI is InChI=1S/C25H34O2/c1-14-7-8-20(17(4)9-14)23(21-12-15(2)10-18(5)24(21)26)22-13-16(3)11-19(6)25(22)27/h10-14,17,20,23,26-27H,7-9H2,1-6H3.